The largest absolute Gasteiger partial charge is 0.394 e. The van der Waals surface area contributed by atoms with Crippen molar-refractivity contribution in [3.8, 4) is 0 Å². The van der Waals surface area contributed by atoms with E-state index in [4.69, 9.17) is 22.4 Å². The Morgan fingerprint density at radius 1 is 0.909 bits per heavy atom. The maximum Gasteiger partial charge on any atom is 0.148 e. The molecule has 0 aromatic carbocycles. The van der Waals surface area contributed by atoms with Crippen LogP contribution in [0.5, 0.6) is 0 Å². The molecule has 134 valence electrons. The average Bonchev–Trinajstić information content (AvgIpc) is 2.50. The average molecular weight is 338 g/mol. The van der Waals surface area contributed by atoms with E-state index >= 15 is 0 Å². The highest BCUT2D eigenvalue weighted by Gasteiger charge is 2.30. The van der Waals surface area contributed by atoms with Crippen molar-refractivity contribution in [1.82, 2.24) is 0 Å². The molecule has 3 atom stereocenters. The van der Waals surface area contributed by atoms with Crippen molar-refractivity contribution in [3.63, 3.8) is 0 Å². The topological polar surface area (TPSA) is 86.7 Å². The molecule has 4 nitrogen and oxygen atoms in total. The van der Waals surface area contributed by atoms with Crippen LogP contribution in [0.4, 0.5) is 0 Å². The van der Waals surface area contributed by atoms with Gasteiger partial charge in [0.2, 0.25) is 0 Å². The molecule has 0 bridgehead atoms. The zero-order chi connectivity index (χ0) is 16.8. The van der Waals surface area contributed by atoms with E-state index in [9.17, 15) is 10.2 Å². The fraction of sp³-hybridized carbons (Fsp3) is 1.00. The van der Waals surface area contributed by atoms with Crippen LogP contribution in [0.2, 0.25) is 0 Å². The van der Waals surface area contributed by atoms with Crippen LogP contribution in [-0.4, -0.2) is 39.1 Å². The number of aliphatic hydroxyl groups is 3. The van der Waals surface area contributed by atoms with Crippen molar-refractivity contribution < 1.29 is 15.3 Å². The summed E-state index contributed by atoms with van der Waals surface area (Å²) in [6.07, 6.45) is 12.2. The summed E-state index contributed by atoms with van der Waals surface area (Å²) in [7, 11) is 0. The van der Waals surface area contributed by atoms with Gasteiger partial charge in [-0.3, -0.25) is 0 Å². The van der Waals surface area contributed by atoms with E-state index in [0.29, 0.717) is 6.42 Å². The molecule has 0 amide bonds. The van der Waals surface area contributed by atoms with Gasteiger partial charge >= 0.3 is 0 Å². The molecule has 0 spiro atoms. The Labute approximate surface area is 141 Å². The van der Waals surface area contributed by atoms with E-state index in [1.54, 1.807) is 0 Å². The van der Waals surface area contributed by atoms with Crippen LogP contribution in [0.15, 0.2) is 0 Å². The highest BCUT2D eigenvalue weighted by Crippen LogP contribution is 2.20. The van der Waals surface area contributed by atoms with Gasteiger partial charge in [-0.2, -0.15) is 0 Å². The van der Waals surface area contributed by atoms with Crippen molar-refractivity contribution in [3.05, 3.63) is 0 Å². The van der Waals surface area contributed by atoms with Gasteiger partial charge in [-0.1, -0.05) is 76.3 Å². The zero-order valence-corrected chi connectivity index (χ0v) is 14.9. The number of rotatable bonds is 15. The minimum atomic E-state index is -1.21. The molecule has 0 fully saturated rings. The van der Waals surface area contributed by atoms with Crippen LogP contribution < -0.4 is 5.73 Å². The van der Waals surface area contributed by atoms with Gasteiger partial charge in [-0.15, -0.1) is 0 Å². The van der Waals surface area contributed by atoms with Gasteiger partial charge in [0.1, 0.15) is 5.56 Å². The number of alkyl halides is 1. The van der Waals surface area contributed by atoms with Crippen LogP contribution in [-0.2, 0) is 0 Å². The lowest BCUT2D eigenvalue weighted by Gasteiger charge is -2.28. The molecular formula is C17H36ClNO3. The second-order valence-corrected chi connectivity index (χ2v) is 6.95. The zero-order valence-electron chi connectivity index (χ0n) is 14.1. The molecule has 22 heavy (non-hydrogen) atoms. The third-order valence-electron chi connectivity index (χ3n) is 4.34. The normalized spacial score (nSPS) is 17.2. The summed E-state index contributed by atoms with van der Waals surface area (Å²) < 4.78 is 0. The maximum absolute atomic E-state index is 9.86. The lowest BCUT2D eigenvalue weighted by Crippen LogP contribution is -2.51. The van der Waals surface area contributed by atoms with Gasteiger partial charge in [0.15, 0.2) is 0 Å². The predicted octanol–water partition coefficient (Wildman–Crippen LogP) is 3.30. The van der Waals surface area contributed by atoms with E-state index in [1.807, 2.05) is 0 Å². The quantitative estimate of drug-likeness (QED) is 0.273. The smallest absolute Gasteiger partial charge is 0.148 e. The van der Waals surface area contributed by atoms with Gasteiger partial charge in [-0.25, -0.2) is 0 Å². The molecule has 0 aliphatic heterocycles. The second kappa shape index (κ2) is 13.6. The Bertz CT molecular complexity index is 254. The highest BCUT2D eigenvalue weighted by molar-refractivity contribution is 6.20. The Morgan fingerprint density at radius 3 is 1.91 bits per heavy atom. The fourth-order valence-electron chi connectivity index (χ4n) is 2.59. The Balaban J connectivity index is 3.46. The number of aliphatic hydroxyl groups excluding tert-OH is 3. The van der Waals surface area contributed by atoms with Gasteiger partial charge in [0.05, 0.1) is 18.2 Å². The molecule has 5 N–H and O–H groups in total. The molecule has 0 saturated carbocycles. The summed E-state index contributed by atoms with van der Waals surface area (Å²) >= 11 is 5.59. The monoisotopic (exact) mass is 337 g/mol. The minimum absolute atomic E-state index is 0.144. The van der Waals surface area contributed by atoms with Crippen LogP contribution in [0.1, 0.15) is 84.0 Å². The van der Waals surface area contributed by atoms with Gasteiger partial charge in [-0.05, 0) is 19.3 Å². The number of nitrogens with two attached hydrogens (primary N) is 1. The third kappa shape index (κ3) is 10.8. The summed E-state index contributed by atoms with van der Waals surface area (Å²) in [6.45, 7) is 1.89. The maximum atomic E-state index is 9.86. The predicted molar refractivity (Wildman–Crippen MR) is 92.9 cm³/mol. The molecule has 0 aliphatic rings. The summed E-state index contributed by atoms with van der Waals surface area (Å²) in [6, 6.07) is 0. The molecule has 5 heteroatoms. The number of unbranched alkanes of at least 4 members (excludes halogenated alkanes) is 7. The SMILES string of the molecule is CCCCCCC(O)CCCCCCCC(N)(CO)C(O)Cl. The van der Waals surface area contributed by atoms with E-state index < -0.39 is 11.1 Å². The van der Waals surface area contributed by atoms with Crippen LogP contribution >= 0.6 is 11.6 Å². The van der Waals surface area contributed by atoms with Gasteiger partial charge in [0, 0.05) is 0 Å². The van der Waals surface area contributed by atoms with Crippen molar-refractivity contribution in [2.45, 2.75) is 101 Å². The van der Waals surface area contributed by atoms with Crippen molar-refractivity contribution in [1.29, 1.82) is 0 Å². The number of halogens is 1. The van der Waals surface area contributed by atoms with Crippen molar-refractivity contribution in [2.24, 2.45) is 5.73 Å². The lowest BCUT2D eigenvalue weighted by atomic mass is 9.94. The Hall–Kier alpha value is 0.130. The van der Waals surface area contributed by atoms with E-state index in [2.05, 4.69) is 6.92 Å². The molecule has 0 saturated heterocycles. The van der Waals surface area contributed by atoms with Crippen LogP contribution in [0.3, 0.4) is 0 Å². The third-order valence-corrected chi connectivity index (χ3v) is 4.77. The lowest BCUT2D eigenvalue weighted by molar-refractivity contribution is 0.0864. The van der Waals surface area contributed by atoms with E-state index in [1.165, 1.54) is 19.3 Å². The number of hydrogen-bond acceptors (Lipinski definition) is 4. The molecule has 0 heterocycles. The molecule has 0 rings (SSSR count). The van der Waals surface area contributed by atoms with E-state index in [0.717, 1.165) is 51.4 Å². The van der Waals surface area contributed by atoms with Crippen LogP contribution in [0.25, 0.3) is 0 Å². The second-order valence-electron chi connectivity index (χ2n) is 6.54. The minimum Gasteiger partial charge on any atom is -0.394 e. The van der Waals surface area contributed by atoms with Crippen molar-refractivity contribution in [2.75, 3.05) is 6.61 Å². The van der Waals surface area contributed by atoms with E-state index in [-0.39, 0.29) is 12.7 Å². The molecule has 3 unspecified atom stereocenters. The number of hydrogen-bond donors (Lipinski definition) is 4. The first-order valence-electron chi connectivity index (χ1n) is 8.86. The summed E-state index contributed by atoms with van der Waals surface area (Å²) in [5, 5.41) is 28.4. The molecular weight excluding hydrogens is 302 g/mol. The first kappa shape index (κ1) is 22.1. The van der Waals surface area contributed by atoms with Gasteiger partial charge < -0.3 is 21.1 Å². The highest BCUT2D eigenvalue weighted by atomic mass is 35.5. The van der Waals surface area contributed by atoms with Crippen molar-refractivity contribution >= 4 is 11.6 Å². The van der Waals surface area contributed by atoms with Gasteiger partial charge in [0.25, 0.3) is 0 Å². The Kier molecular flexibility index (Phi) is 13.6. The molecule has 0 radical (unpaired) electrons. The fourth-order valence-corrected chi connectivity index (χ4v) is 2.77. The summed E-state index contributed by atoms with van der Waals surface area (Å²) in [5.74, 6) is 0. The first-order valence-corrected chi connectivity index (χ1v) is 9.30. The molecule has 0 aliphatic carbocycles. The Morgan fingerprint density at radius 2 is 1.41 bits per heavy atom. The first-order chi connectivity index (χ1) is 10.5. The molecule has 0 aromatic heterocycles. The summed E-state index contributed by atoms with van der Waals surface area (Å²) in [4.78, 5) is 0. The summed E-state index contributed by atoms with van der Waals surface area (Å²) in [5.41, 5.74) is 3.53. The standard InChI is InChI=1S/C17H36ClNO3/c1-2-3-4-8-11-15(21)12-9-6-5-7-10-13-17(19,14-20)16(18)22/h15-16,20-22H,2-14,19H2,1H3. The molecule has 0 aromatic rings. The van der Waals surface area contributed by atoms with Crippen LogP contribution in [0, 0.1) is 0 Å².